The van der Waals surface area contributed by atoms with Gasteiger partial charge in [0, 0.05) is 25.4 Å². The lowest BCUT2D eigenvalue weighted by Crippen LogP contribution is -2.41. The summed E-state index contributed by atoms with van der Waals surface area (Å²) in [6.07, 6.45) is -1.71. The minimum Gasteiger partial charge on any atom is -0.480 e. The molecule has 2 aromatic rings. The van der Waals surface area contributed by atoms with Gasteiger partial charge in [-0.25, -0.2) is 19.2 Å². The zero-order valence-electron chi connectivity index (χ0n) is 20.6. The molecular weight excluding hydrogens is 494 g/mol. The zero-order valence-corrected chi connectivity index (χ0v) is 20.6. The van der Waals surface area contributed by atoms with Crippen molar-refractivity contribution in [3.8, 4) is 11.1 Å². The molecule has 0 bridgehead atoms. The fourth-order valence-corrected chi connectivity index (χ4v) is 4.70. The van der Waals surface area contributed by atoms with Gasteiger partial charge in [0.25, 0.3) is 0 Å². The Labute approximate surface area is 219 Å². The predicted molar refractivity (Wildman–Crippen MR) is 136 cm³/mol. The Bertz CT molecular complexity index is 1170. The Morgan fingerprint density at radius 3 is 2.16 bits per heavy atom. The lowest BCUT2D eigenvalue weighted by Gasteiger charge is -2.22. The van der Waals surface area contributed by atoms with Gasteiger partial charge >= 0.3 is 24.2 Å². The molecule has 1 aliphatic carbocycles. The number of nitrogens with one attached hydrogen (secondary N) is 2. The number of carbonyl (C=O) groups is 4. The van der Waals surface area contributed by atoms with Crippen LogP contribution in [-0.4, -0.2) is 79.2 Å². The zero-order chi connectivity index (χ0) is 27.1. The molecule has 11 nitrogen and oxygen atoms in total. The van der Waals surface area contributed by atoms with E-state index in [0.717, 1.165) is 27.2 Å². The molecule has 1 fully saturated rings. The molecule has 1 saturated heterocycles. The second-order valence-electron chi connectivity index (χ2n) is 8.81. The van der Waals surface area contributed by atoms with Crippen molar-refractivity contribution in [2.24, 2.45) is 0 Å². The summed E-state index contributed by atoms with van der Waals surface area (Å²) in [7, 11) is 0. The van der Waals surface area contributed by atoms with E-state index in [2.05, 4.69) is 17.2 Å². The van der Waals surface area contributed by atoms with Crippen molar-refractivity contribution in [2.75, 3.05) is 32.8 Å². The highest BCUT2D eigenvalue weighted by Crippen LogP contribution is 2.44. The van der Waals surface area contributed by atoms with Gasteiger partial charge in [-0.3, -0.25) is 4.90 Å². The summed E-state index contributed by atoms with van der Waals surface area (Å²) >= 11 is 0. The van der Waals surface area contributed by atoms with Gasteiger partial charge in [0.15, 0.2) is 0 Å². The Balaban J connectivity index is 1.29. The van der Waals surface area contributed by atoms with Crippen LogP contribution in [0.2, 0.25) is 0 Å². The van der Waals surface area contributed by atoms with Crippen LogP contribution in [0.5, 0.6) is 0 Å². The maximum absolute atomic E-state index is 12.9. The summed E-state index contributed by atoms with van der Waals surface area (Å²) in [5.41, 5.74) is 4.24. The highest BCUT2D eigenvalue weighted by atomic mass is 16.6. The second-order valence-corrected chi connectivity index (χ2v) is 8.81. The number of hydrogen-bond donors (Lipinski definition) is 3. The molecular formula is C27H29N3O8. The lowest BCUT2D eigenvalue weighted by atomic mass is 9.98. The van der Waals surface area contributed by atoms with Crippen LogP contribution in [0.15, 0.2) is 61.2 Å². The molecule has 0 radical (unpaired) electrons. The maximum Gasteiger partial charge on any atom is 0.410 e. The molecule has 0 saturated carbocycles. The molecule has 2 aliphatic rings. The lowest BCUT2D eigenvalue weighted by molar-refractivity contribution is -0.141. The molecule has 2 atom stereocenters. The third kappa shape index (κ3) is 6.05. The van der Waals surface area contributed by atoms with Crippen LogP contribution >= 0.6 is 0 Å². The number of carboxylic acid groups (broad SMARTS) is 1. The minimum atomic E-state index is -1.22. The van der Waals surface area contributed by atoms with E-state index < -0.39 is 36.4 Å². The first-order valence-electron chi connectivity index (χ1n) is 12.2. The number of benzene rings is 2. The fourth-order valence-electron chi connectivity index (χ4n) is 4.70. The Morgan fingerprint density at radius 2 is 1.55 bits per heavy atom. The number of amides is 3. The number of carbonyl (C=O) groups excluding carboxylic acids is 3. The maximum atomic E-state index is 12.9. The number of hydrogen-bond acceptors (Lipinski definition) is 7. The van der Waals surface area contributed by atoms with Gasteiger partial charge in [-0.2, -0.15) is 0 Å². The molecule has 3 amide bonds. The Hall–Kier alpha value is -4.54. The number of fused-ring (bicyclic) bond motifs is 3. The first-order chi connectivity index (χ1) is 18.4. The molecule has 38 heavy (non-hydrogen) atoms. The van der Waals surface area contributed by atoms with Crippen LogP contribution in [0.3, 0.4) is 0 Å². The van der Waals surface area contributed by atoms with Crippen LogP contribution in [0, 0.1) is 0 Å². The topological polar surface area (TPSA) is 144 Å². The Morgan fingerprint density at radius 1 is 0.947 bits per heavy atom. The number of alkyl carbamates (subject to hydrolysis) is 2. The number of rotatable bonds is 9. The first-order valence-corrected chi connectivity index (χ1v) is 12.2. The molecule has 0 unspecified atom stereocenters. The van der Waals surface area contributed by atoms with Gasteiger partial charge in [-0.05, 0) is 22.3 Å². The Kier molecular flexibility index (Phi) is 8.47. The third-order valence-electron chi connectivity index (χ3n) is 6.39. The summed E-state index contributed by atoms with van der Waals surface area (Å²) in [5.74, 6) is -1.38. The molecule has 200 valence electrons. The van der Waals surface area contributed by atoms with Crippen LogP contribution in [0.25, 0.3) is 11.1 Å². The van der Waals surface area contributed by atoms with E-state index in [0.29, 0.717) is 0 Å². The number of nitrogens with zero attached hydrogens (tertiary/aromatic N) is 1. The van der Waals surface area contributed by atoms with Crippen molar-refractivity contribution >= 4 is 24.2 Å². The average molecular weight is 524 g/mol. The molecule has 1 heterocycles. The monoisotopic (exact) mass is 523 g/mol. The largest absolute Gasteiger partial charge is 0.480 e. The summed E-state index contributed by atoms with van der Waals surface area (Å²) in [6.45, 7) is 3.58. The van der Waals surface area contributed by atoms with E-state index in [1.807, 2.05) is 48.5 Å². The van der Waals surface area contributed by atoms with Crippen molar-refractivity contribution in [3.05, 3.63) is 72.3 Å². The van der Waals surface area contributed by atoms with Gasteiger partial charge < -0.3 is 30.0 Å². The molecule has 11 heteroatoms. The highest BCUT2D eigenvalue weighted by molar-refractivity contribution is 5.82. The van der Waals surface area contributed by atoms with E-state index in [-0.39, 0.29) is 45.2 Å². The molecule has 0 spiro atoms. The average Bonchev–Trinajstić information content (AvgIpc) is 3.48. The smallest absolute Gasteiger partial charge is 0.410 e. The van der Waals surface area contributed by atoms with Crippen LogP contribution in [0.4, 0.5) is 14.4 Å². The van der Waals surface area contributed by atoms with Crippen molar-refractivity contribution in [1.82, 2.24) is 15.5 Å². The second kappa shape index (κ2) is 12.1. The van der Waals surface area contributed by atoms with Crippen molar-refractivity contribution in [3.63, 3.8) is 0 Å². The minimum absolute atomic E-state index is 0.0456. The predicted octanol–water partition coefficient (Wildman–Crippen LogP) is 3.10. The standard InChI is InChI=1S/C27H29N3O8/c1-2-13-36-25(33)28-11-12-29-26(34)38-17-14-23(24(31)32)30(15-17)27(35)37-16-22-20-9-5-3-7-18(20)19-8-4-6-10-21(19)22/h2-10,17,22-23H,1,11-16H2,(H,28,33)(H,29,34)(H,31,32)/t17-,23+/m1/s1. The summed E-state index contributed by atoms with van der Waals surface area (Å²) in [4.78, 5) is 49.3. The van der Waals surface area contributed by atoms with E-state index in [4.69, 9.17) is 14.2 Å². The first kappa shape index (κ1) is 26.5. The number of aliphatic carboxylic acids is 1. The fraction of sp³-hybridized carbons (Fsp3) is 0.333. The number of ether oxygens (including phenoxy) is 3. The van der Waals surface area contributed by atoms with Crippen molar-refractivity contribution < 1.29 is 38.5 Å². The normalized spacial score (nSPS) is 17.6. The van der Waals surface area contributed by atoms with Crippen LogP contribution in [0.1, 0.15) is 23.5 Å². The van der Waals surface area contributed by atoms with Crippen molar-refractivity contribution in [2.45, 2.75) is 24.5 Å². The van der Waals surface area contributed by atoms with E-state index in [9.17, 15) is 24.3 Å². The molecule has 4 rings (SSSR count). The highest BCUT2D eigenvalue weighted by Gasteiger charge is 2.43. The third-order valence-corrected chi connectivity index (χ3v) is 6.39. The van der Waals surface area contributed by atoms with Gasteiger partial charge in [0.05, 0.1) is 6.54 Å². The summed E-state index contributed by atoms with van der Waals surface area (Å²) in [5, 5.41) is 14.5. The van der Waals surface area contributed by atoms with Gasteiger partial charge in [-0.15, -0.1) is 0 Å². The molecule has 3 N–H and O–H groups in total. The SMILES string of the molecule is C=CCOC(=O)NCCNC(=O)O[C@@H]1C[C@@H](C(=O)O)N(C(=O)OCC2c3ccccc3-c3ccccc32)C1. The summed E-state index contributed by atoms with van der Waals surface area (Å²) < 4.78 is 15.6. The van der Waals surface area contributed by atoms with Gasteiger partial charge in [-0.1, -0.05) is 61.2 Å². The van der Waals surface area contributed by atoms with Crippen LogP contribution in [-0.2, 0) is 19.0 Å². The quantitative estimate of drug-likeness (QED) is 0.258. The van der Waals surface area contributed by atoms with Gasteiger partial charge in [0.1, 0.15) is 25.4 Å². The van der Waals surface area contributed by atoms with E-state index in [1.165, 1.54) is 6.08 Å². The number of likely N-dealkylation sites (tertiary alicyclic amines) is 1. The van der Waals surface area contributed by atoms with Gasteiger partial charge in [0.2, 0.25) is 0 Å². The van der Waals surface area contributed by atoms with Crippen LogP contribution < -0.4 is 10.6 Å². The molecule has 1 aliphatic heterocycles. The molecule has 0 aromatic heterocycles. The number of carboxylic acids is 1. The van der Waals surface area contributed by atoms with E-state index >= 15 is 0 Å². The van der Waals surface area contributed by atoms with Crippen molar-refractivity contribution in [1.29, 1.82) is 0 Å². The summed E-state index contributed by atoms with van der Waals surface area (Å²) in [6, 6.07) is 14.6. The molecule has 2 aromatic carbocycles. The van der Waals surface area contributed by atoms with E-state index in [1.54, 1.807) is 0 Å².